The van der Waals surface area contributed by atoms with Crippen molar-refractivity contribution in [1.29, 1.82) is 0 Å². The molecule has 2 aromatic rings. The summed E-state index contributed by atoms with van der Waals surface area (Å²) in [6.45, 7) is 1.96. The van der Waals surface area contributed by atoms with Crippen LogP contribution >= 0.6 is 15.9 Å². The molecule has 194 valence electrons. The van der Waals surface area contributed by atoms with Gasteiger partial charge in [0.25, 0.3) is 0 Å². The Morgan fingerprint density at radius 3 is 2.86 bits per heavy atom. The number of rotatable bonds is 5. The lowest BCUT2D eigenvalue weighted by Crippen LogP contribution is -2.78. The molecule has 0 unspecified atom stereocenters. The number of benzene rings is 2. The van der Waals surface area contributed by atoms with Gasteiger partial charge in [0.15, 0.2) is 11.5 Å². The number of aliphatic hydroxyl groups is 1. The van der Waals surface area contributed by atoms with Crippen molar-refractivity contribution in [1.82, 2.24) is 9.80 Å². The molecule has 3 aliphatic carbocycles. The fourth-order valence-corrected chi connectivity index (χ4v) is 8.33. The first-order valence-corrected chi connectivity index (χ1v) is 14.3. The summed E-state index contributed by atoms with van der Waals surface area (Å²) >= 11 is 3.48. The summed E-state index contributed by atoms with van der Waals surface area (Å²) < 4.78 is 7.58. The Labute approximate surface area is 226 Å². The van der Waals surface area contributed by atoms with Crippen LogP contribution in [0, 0.1) is 5.92 Å². The molecule has 2 aliphatic heterocycles. The number of aromatic hydroxyl groups is 1. The maximum atomic E-state index is 13.4. The predicted molar refractivity (Wildman–Crippen MR) is 145 cm³/mol. The van der Waals surface area contributed by atoms with E-state index in [1.165, 1.54) is 18.4 Å². The van der Waals surface area contributed by atoms with E-state index in [2.05, 4.69) is 20.8 Å². The number of hydrogen-bond donors (Lipinski definition) is 2. The first-order valence-electron chi connectivity index (χ1n) is 13.5. The second kappa shape index (κ2) is 8.32. The molecule has 37 heavy (non-hydrogen) atoms. The second-order valence-corrected chi connectivity index (χ2v) is 12.6. The fraction of sp³-hybridized carbons (Fsp3) is 0.500. The minimum absolute atomic E-state index is 0.0364. The lowest BCUT2D eigenvalue weighted by molar-refractivity contribution is -0.200. The van der Waals surface area contributed by atoms with Gasteiger partial charge in [0, 0.05) is 35.7 Å². The molecular formula is C30H33BrN2O4. The highest BCUT2D eigenvalue weighted by Gasteiger charge is 2.73. The Morgan fingerprint density at radius 2 is 2.08 bits per heavy atom. The van der Waals surface area contributed by atoms with Crippen LogP contribution in [0.4, 0.5) is 0 Å². The summed E-state index contributed by atoms with van der Waals surface area (Å²) in [6.07, 6.45) is 8.46. The first-order chi connectivity index (χ1) is 17.8. The number of hydrogen-bond acceptors (Lipinski definition) is 5. The standard InChI is InChI=1S/C30H33BrN2O4/c1-32(25(35)10-7-18-3-2-4-21(31)15-18)22-11-12-30(36)24-16-20-8-9-23(34)27-26(20)29(30,28(22)37-27)13-14-33(24)17-19-5-6-19/h2-4,7-10,15,19,22,24,28,34,36H,5-6,11-14,16-17H2,1H3/t22-,24+,28-,29-,30+/m0/s1. The summed E-state index contributed by atoms with van der Waals surface area (Å²) in [6, 6.07) is 11.4. The topological polar surface area (TPSA) is 73.2 Å². The summed E-state index contributed by atoms with van der Waals surface area (Å²) in [7, 11) is 1.84. The Kier molecular flexibility index (Phi) is 5.34. The zero-order valence-electron chi connectivity index (χ0n) is 21.1. The minimum atomic E-state index is -0.941. The molecule has 6 nitrogen and oxygen atoms in total. The molecule has 7 heteroatoms. The monoisotopic (exact) mass is 564 g/mol. The molecule has 3 fully saturated rings. The molecule has 2 saturated carbocycles. The molecule has 5 atom stereocenters. The van der Waals surface area contributed by atoms with Crippen LogP contribution in [0.1, 0.15) is 48.8 Å². The van der Waals surface area contributed by atoms with Gasteiger partial charge in [-0.2, -0.15) is 0 Å². The van der Waals surface area contributed by atoms with Crippen molar-refractivity contribution in [3.8, 4) is 11.5 Å². The zero-order chi connectivity index (χ0) is 25.5. The molecule has 2 heterocycles. The molecule has 2 bridgehead atoms. The van der Waals surface area contributed by atoms with Crippen LogP contribution < -0.4 is 4.74 Å². The third-order valence-corrected chi connectivity index (χ3v) is 10.3. The van der Waals surface area contributed by atoms with E-state index in [1.807, 2.05) is 43.5 Å². The maximum Gasteiger partial charge on any atom is 0.246 e. The van der Waals surface area contributed by atoms with E-state index < -0.39 is 17.1 Å². The first kappa shape index (κ1) is 23.7. The number of phenols is 1. The Balaban J connectivity index is 1.25. The average molecular weight is 566 g/mol. The number of carbonyl (C=O) groups excluding carboxylic acids is 1. The van der Waals surface area contributed by atoms with E-state index in [-0.39, 0.29) is 23.7 Å². The van der Waals surface area contributed by atoms with Crippen LogP contribution in [0.3, 0.4) is 0 Å². The number of piperidine rings is 1. The lowest BCUT2D eigenvalue weighted by Gasteiger charge is -2.64. The summed E-state index contributed by atoms with van der Waals surface area (Å²) in [5.74, 6) is 1.31. The van der Waals surface area contributed by atoms with E-state index in [1.54, 1.807) is 17.0 Å². The average Bonchev–Trinajstić information content (AvgIpc) is 3.62. The normalized spacial score (nSPS) is 33.8. The van der Waals surface area contributed by atoms with Gasteiger partial charge in [-0.1, -0.05) is 34.1 Å². The van der Waals surface area contributed by atoms with Crippen molar-refractivity contribution in [3.63, 3.8) is 0 Å². The van der Waals surface area contributed by atoms with Crippen LogP contribution in [0.5, 0.6) is 11.5 Å². The highest BCUT2D eigenvalue weighted by Crippen LogP contribution is 2.66. The summed E-state index contributed by atoms with van der Waals surface area (Å²) in [5.41, 5.74) is 1.56. The molecule has 1 saturated heterocycles. The van der Waals surface area contributed by atoms with E-state index in [0.29, 0.717) is 18.6 Å². The van der Waals surface area contributed by atoms with Gasteiger partial charge in [-0.25, -0.2) is 0 Å². The highest BCUT2D eigenvalue weighted by atomic mass is 79.9. The molecule has 0 radical (unpaired) electrons. The largest absolute Gasteiger partial charge is 0.504 e. The van der Waals surface area contributed by atoms with Gasteiger partial charge in [0.05, 0.1) is 17.1 Å². The van der Waals surface area contributed by atoms with Gasteiger partial charge in [-0.15, -0.1) is 0 Å². The van der Waals surface area contributed by atoms with Gasteiger partial charge in [-0.05, 0) is 86.4 Å². The van der Waals surface area contributed by atoms with Crippen LogP contribution in [0.15, 0.2) is 46.9 Å². The smallest absolute Gasteiger partial charge is 0.246 e. The van der Waals surface area contributed by atoms with Crippen molar-refractivity contribution >= 4 is 27.9 Å². The zero-order valence-corrected chi connectivity index (χ0v) is 22.7. The third kappa shape index (κ3) is 3.39. The fourth-order valence-electron chi connectivity index (χ4n) is 7.91. The minimum Gasteiger partial charge on any atom is -0.504 e. The SMILES string of the molecule is CN(C(=O)C=Cc1cccc(Br)c1)[C@H]1CC[C@@]2(O)[C@H]3Cc4ccc(O)c5c4[C@@]2(CCN3CC2CC2)[C@H]1O5. The van der Waals surface area contributed by atoms with Crippen LogP contribution in [0.2, 0.25) is 0 Å². The van der Waals surface area contributed by atoms with Crippen LogP contribution in [-0.4, -0.2) is 69.8 Å². The highest BCUT2D eigenvalue weighted by molar-refractivity contribution is 9.10. The van der Waals surface area contributed by atoms with Crippen LogP contribution in [-0.2, 0) is 16.6 Å². The predicted octanol–water partition coefficient (Wildman–Crippen LogP) is 4.26. The van der Waals surface area contributed by atoms with Crippen molar-refractivity contribution < 1.29 is 19.7 Å². The third-order valence-electron chi connectivity index (χ3n) is 9.84. The van der Waals surface area contributed by atoms with Gasteiger partial charge < -0.3 is 19.8 Å². The number of phenolic OH excluding ortho intramolecular Hbond substituents is 1. The van der Waals surface area contributed by atoms with Crippen molar-refractivity contribution in [2.75, 3.05) is 20.1 Å². The number of amides is 1. The van der Waals surface area contributed by atoms with E-state index in [4.69, 9.17) is 4.74 Å². The van der Waals surface area contributed by atoms with Crippen molar-refractivity contribution in [3.05, 3.63) is 63.6 Å². The van der Waals surface area contributed by atoms with E-state index in [9.17, 15) is 15.0 Å². The summed E-state index contributed by atoms with van der Waals surface area (Å²) in [4.78, 5) is 17.7. The number of halogens is 1. The number of nitrogens with zero attached hydrogens (tertiary/aromatic N) is 2. The molecule has 7 rings (SSSR count). The molecular weight excluding hydrogens is 532 g/mol. The molecule has 5 aliphatic rings. The molecule has 1 spiro atoms. The molecule has 0 aromatic heterocycles. The number of ether oxygens (including phenoxy) is 1. The Hall–Kier alpha value is -2.35. The van der Waals surface area contributed by atoms with E-state index >= 15 is 0 Å². The number of likely N-dealkylation sites (N-methyl/N-ethyl adjacent to an activating group) is 1. The van der Waals surface area contributed by atoms with Crippen molar-refractivity contribution in [2.45, 2.75) is 67.7 Å². The van der Waals surface area contributed by atoms with Gasteiger partial charge >= 0.3 is 0 Å². The second-order valence-electron chi connectivity index (χ2n) is 11.7. The molecule has 2 aromatic carbocycles. The van der Waals surface area contributed by atoms with Gasteiger partial charge in [-0.3, -0.25) is 9.69 Å². The van der Waals surface area contributed by atoms with Gasteiger partial charge in [0.1, 0.15) is 6.10 Å². The van der Waals surface area contributed by atoms with Crippen LogP contribution in [0.25, 0.3) is 6.08 Å². The quantitative estimate of drug-likeness (QED) is 0.531. The number of carbonyl (C=O) groups is 1. The van der Waals surface area contributed by atoms with Gasteiger partial charge in [0.2, 0.25) is 5.91 Å². The van der Waals surface area contributed by atoms with Crippen molar-refractivity contribution in [2.24, 2.45) is 5.92 Å². The number of likely N-dealkylation sites (tertiary alicyclic amines) is 1. The summed E-state index contributed by atoms with van der Waals surface area (Å²) in [5, 5.41) is 23.4. The molecule has 2 N–H and O–H groups in total. The Bertz CT molecular complexity index is 1310. The lowest BCUT2D eigenvalue weighted by atomic mass is 9.48. The van der Waals surface area contributed by atoms with E-state index in [0.717, 1.165) is 47.4 Å². The Morgan fingerprint density at radius 1 is 1.24 bits per heavy atom. The molecule has 1 amide bonds. The maximum absolute atomic E-state index is 13.4.